The molecule has 2 rings (SSSR count). The van der Waals surface area contributed by atoms with Crippen molar-refractivity contribution in [1.82, 2.24) is 0 Å². The lowest BCUT2D eigenvalue weighted by atomic mass is 10.2. The quantitative estimate of drug-likeness (QED) is 0.844. The topological polar surface area (TPSA) is 20.2 Å². The minimum Gasteiger partial charge on any atom is -0.508 e. The van der Waals surface area contributed by atoms with Crippen molar-refractivity contribution in [3.63, 3.8) is 0 Å². The predicted molar refractivity (Wildman–Crippen MR) is 68.1 cm³/mol. The van der Waals surface area contributed by atoms with Crippen LogP contribution in [0.1, 0.15) is 16.6 Å². The molecule has 0 radical (unpaired) electrons. The van der Waals surface area contributed by atoms with Crippen molar-refractivity contribution in [3.05, 3.63) is 28.2 Å². The number of halogens is 1. The zero-order chi connectivity index (χ0) is 9.97. The highest BCUT2D eigenvalue weighted by Crippen LogP contribution is 2.46. The van der Waals surface area contributed by atoms with Crippen molar-refractivity contribution in [2.75, 3.05) is 11.5 Å². The molecule has 1 aliphatic heterocycles. The fraction of sp³-hybridized carbons (Fsp3) is 0.400. The van der Waals surface area contributed by atoms with Crippen molar-refractivity contribution in [1.29, 1.82) is 0 Å². The largest absolute Gasteiger partial charge is 0.508 e. The number of phenolic OH excluding ortho intramolecular Hbond substituents is 1. The maximum Gasteiger partial charge on any atom is 0.120 e. The van der Waals surface area contributed by atoms with Crippen molar-refractivity contribution in [3.8, 4) is 5.75 Å². The average molecular weight is 291 g/mol. The number of benzene rings is 1. The maximum absolute atomic E-state index is 9.74. The summed E-state index contributed by atoms with van der Waals surface area (Å²) in [5, 5.41) is 9.74. The molecule has 1 saturated heterocycles. The molecule has 1 heterocycles. The van der Waals surface area contributed by atoms with Crippen molar-refractivity contribution < 1.29 is 5.11 Å². The Kier molecular flexibility index (Phi) is 3.68. The van der Waals surface area contributed by atoms with E-state index in [0.717, 1.165) is 10.0 Å². The lowest BCUT2D eigenvalue weighted by molar-refractivity contribution is 0.470. The Balaban J connectivity index is 2.24. The van der Waals surface area contributed by atoms with Gasteiger partial charge in [0, 0.05) is 10.0 Å². The summed E-state index contributed by atoms with van der Waals surface area (Å²) in [5.74, 6) is 2.81. The predicted octanol–water partition coefficient (Wildman–Crippen LogP) is 4.02. The highest BCUT2D eigenvalue weighted by atomic mass is 79.9. The summed E-state index contributed by atoms with van der Waals surface area (Å²) in [6, 6.07) is 5.65. The third-order valence-corrected chi connectivity index (χ3v) is 5.54. The summed E-state index contributed by atoms with van der Waals surface area (Å²) in [5.41, 5.74) is 1.05. The van der Waals surface area contributed by atoms with Crippen LogP contribution in [0.3, 0.4) is 0 Å². The van der Waals surface area contributed by atoms with E-state index in [2.05, 4.69) is 15.9 Å². The second-order valence-corrected chi connectivity index (χ2v) is 6.77. The summed E-state index contributed by atoms with van der Waals surface area (Å²) in [4.78, 5) is 0. The molecule has 14 heavy (non-hydrogen) atoms. The fourth-order valence-electron chi connectivity index (χ4n) is 1.38. The molecule has 0 saturated carbocycles. The van der Waals surface area contributed by atoms with Crippen LogP contribution in [0.5, 0.6) is 5.75 Å². The molecule has 1 aromatic carbocycles. The summed E-state index contributed by atoms with van der Waals surface area (Å²) in [6.07, 6.45) is 1.28. The van der Waals surface area contributed by atoms with Crippen LogP contribution in [-0.2, 0) is 0 Å². The van der Waals surface area contributed by atoms with E-state index in [9.17, 15) is 5.11 Å². The molecular formula is C10H11BrOS2. The van der Waals surface area contributed by atoms with Gasteiger partial charge in [-0.2, -0.15) is 0 Å². The Hall–Kier alpha value is 0.200. The van der Waals surface area contributed by atoms with E-state index >= 15 is 0 Å². The lowest BCUT2D eigenvalue weighted by Gasteiger charge is -2.22. The molecule has 0 bridgehead atoms. The van der Waals surface area contributed by atoms with Gasteiger partial charge >= 0.3 is 0 Å². The Morgan fingerprint density at radius 1 is 1.29 bits per heavy atom. The van der Waals surface area contributed by atoms with E-state index in [0.29, 0.717) is 10.3 Å². The number of hydrogen-bond acceptors (Lipinski definition) is 3. The molecule has 0 aliphatic carbocycles. The van der Waals surface area contributed by atoms with Crippen LogP contribution in [0.2, 0.25) is 0 Å². The number of hydrogen-bond donors (Lipinski definition) is 1. The van der Waals surface area contributed by atoms with Gasteiger partial charge in [-0.3, -0.25) is 0 Å². The van der Waals surface area contributed by atoms with Crippen LogP contribution in [0.15, 0.2) is 22.7 Å². The number of phenols is 1. The first-order chi connectivity index (χ1) is 6.77. The molecule has 1 nitrogen and oxygen atoms in total. The zero-order valence-electron chi connectivity index (χ0n) is 7.57. The third-order valence-electron chi connectivity index (χ3n) is 2.07. The van der Waals surface area contributed by atoms with Gasteiger partial charge in [0.15, 0.2) is 0 Å². The van der Waals surface area contributed by atoms with Crippen LogP contribution in [0.25, 0.3) is 0 Å². The van der Waals surface area contributed by atoms with Gasteiger partial charge in [-0.15, -0.1) is 23.5 Å². The van der Waals surface area contributed by atoms with E-state index in [4.69, 9.17) is 0 Å². The zero-order valence-corrected chi connectivity index (χ0v) is 10.8. The van der Waals surface area contributed by atoms with Gasteiger partial charge in [0.1, 0.15) is 5.75 Å². The van der Waals surface area contributed by atoms with Crippen LogP contribution in [-0.4, -0.2) is 16.6 Å². The summed E-state index contributed by atoms with van der Waals surface area (Å²) >= 11 is 7.28. The first kappa shape index (κ1) is 10.7. The van der Waals surface area contributed by atoms with Gasteiger partial charge in [0.25, 0.3) is 0 Å². The standard InChI is InChI=1S/C10H11BrOS2/c11-7-2-3-9(12)8(6-7)10-13-4-1-5-14-10/h2-3,6,10,12H,1,4-5H2. The van der Waals surface area contributed by atoms with Crippen molar-refractivity contribution in [2.45, 2.75) is 11.0 Å². The third kappa shape index (κ3) is 2.41. The first-order valence-corrected chi connectivity index (χ1v) is 7.38. The molecule has 76 valence electrons. The fourth-order valence-corrected chi connectivity index (χ4v) is 4.69. The lowest BCUT2D eigenvalue weighted by Crippen LogP contribution is -2.00. The highest BCUT2D eigenvalue weighted by molar-refractivity contribution is 9.10. The molecule has 0 atom stereocenters. The van der Waals surface area contributed by atoms with E-state index in [1.165, 1.54) is 17.9 Å². The SMILES string of the molecule is Oc1ccc(Br)cc1C1SCCCS1. The summed E-state index contributed by atoms with van der Waals surface area (Å²) < 4.78 is 1.44. The van der Waals surface area contributed by atoms with Gasteiger partial charge in [-0.1, -0.05) is 15.9 Å². The second kappa shape index (κ2) is 4.81. The molecule has 4 heteroatoms. The Bertz CT molecular complexity index is 324. The van der Waals surface area contributed by atoms with Crippen LogP contribution >= 0.6 is 39.5 Å². The maximum atomic E-state index is 9.74. The summed E-state index contributed by atoms with van der Waals surface area (Å²) in [6.45, 7) is 0. The van der Waals surface area contributed by atoms with Gasteiger partial charge in [-0.25, -0.2) is 0 Å². The Morgan fingerprint density at radius 3 is 2.71 bits per heavy atom. The van der Waals surface area contributed by atoms with Crippen molar-refractivity contribution in [2.24, 2.45) is 0 Å². The second-order valence-electron chi connectivity index (χ2n) is 3.13. The van der Waals surface area contributed by atoms with E-state index < -0.39 is 0 Å². The molecule has 1 aromatic rings. The van der Waals surface area contributed by atoms with E-state index in [1.807, 2.05) is 35.7 Å². The molecule has 0 amide bonds. The van der Waals surface area contributed by atoms with Gasteiger partial charge < -0.3 is 5.11 Å². The molecule has 0 unspecified atom stereocenters. The number of aromatic hydroxyl groups is 1. The van der Waals surface area contributed by atoms with Crippen molar-refractivity contribution >= 4 is 39.5 Å². The van der Waals surface area contributed by atoms with Gasteiger partial charge in [-0.05, 0) is 36.1 Å². The molecule has 0 aromatic heterocycles. The number of thioether (sulfide) groups is 2. The molecule has 1 N–H and O–H groups in total. The van der Waals surface area contributed by atoms with Gasteiger partial charge in [0.2, 0.25) is 0 Å². The smallest absolute Gasteiger partial charge is 0.120 e. The normalized spacial score (nSPS) is 18.4. The number of rotatable bonds is 1. The van der Waals surface area contributed by atoms with E-state index in [1.54, 1.807) is 6.07 Å². The monoisotopic (exact) mass is 290 g/mol. The highest BCUT2D eigenvalue weighted by Gasteiger charge is 2.19. The van der Waals surface area contributed by atoms with Crippen LogP contribution in [0.4, 0.5) is 0 Å². The van der Waals surface area contributed by atoms with Crippen LogP contribution in [0, 0.1) is 0 Å². The first-order valence-electron chi connectivity index (χ1n) is 4.49. The molecule has 1 aliphatic rings. The summed E-state index contributed by atoms with van der Waals surface area (Å²) in [7, 11) is 0. The molecular weight excluding hydrogens is 280 g/mol. The molecule has 1 fully saturated rings. The Labute approximate surface area is 101 Å². The minimum atomic E-state index is 0.404. The average Bonchev–Trinajstić information content (AvgIpc) is 2.23. The van der Waals surface area contributed by atoms with E-state index in [-0.39, 0.29) is 0 Å². The molecule has 0 spiro atoms. The minimum absolute atomic E-state index is 0.404. The van der Waals surface area contributed by atoms with Crippen LogP contribution < -0.4 is 0 Å². The van der Waals surface area contributed by atoms with Gasteiger partial charge in [0.05, 0.1) is 4.58 Å². The Morgan fingerprint density at radius 2 is 2.00 bits per heavy atom.